The molecule has 1 nitrogen and oxygen atoms in total. The highest BCUT2D eigenvalue weighted by atomic mass is 32.1. The summed E-state index contributed by atoms with van der Waals surface area (Å²) in [6.45, 7) is 0. The zero-order chi connectivity index (χ0) is 31.6. The molecule has 0 bridgehead atoms. The van der Waals surface area contributed by atoms with Gasteiger partial charge in [-0.05, 0) is 103 Å². The van der Waals surface area contributed by atoms with Gasteiger partial charge in [-0.2, -0.15) is 0 Å². The van der Waals surface area contributed by atoms with Crippen LogP contribution in [0.4, 0.5) is 17.1 Å². The summed E-state index contributed by atoms with van der Waals surface area (Å²) in [5, 5.41) is 12.9. The molecule has 10 rings (SSSR count). The van der Waals surface area contributed by atoms with Gasteiger partial charge in [0, 0.05) is 37.2 Å². The minimum Gasteiger partial charge on any atom is -0.310 e. The Bertz CT molecular complexity index is 2830. The standard InChI is InChI=1S/C46H29NS/c1-2-11-34(12-3-1)47(36-25-27-38-32(28-36)22-26-42-40-15-8-9-17-44(40)48-46(38)42)35-23-20-31(21-24-35)43-29-33-19-18-30-10-4-5-13-37(30)45(33)41-16-7-6-14-39(41)43/h1-29H. The minimum atomic E-state index is 1.13. The van der Waals surface area contributed by atoms with Crippen molar-refractivity contribution >= 4 is 91.7 Å². The van der Waals surface area contributed by atoms with Crippen molar-refractivity contribution in [3.63, 3.8) is 0 Å². The van der Waals surface area contributed by atoms with Crippen LogP contribution in [0.5, 0.6) is 0 Å². The SMILES string of the molecule is c1ccc(N(c2ccc(-c3cc4ccc5ccccc5c4c4ccccc34)cc2)c2ccc3c(ccc4c5ccccc5sc34)c2)cc1. The first-order chi connectivity index (χ1) is 23.8. The third-order valence-corrected chi connectivity index (χ3v) is 11.0. The van der Waals surface area contributed by atoms with E-state index in [1.54, 1.807) is 0 Å². The van der Waals surface area contributed by atoms with Crippen molar-refractivity contribution < 1.29 is 0 Å². The first kappa shape index (κ1) is 27.2. The van der Waals surface area contributed by atoms with E-state index in [1.807, 2.05) is 11.3 Å². The molecule has 0 radical (unpaired) electrons. The van der Waals surface area contributed by atoms with Gasteiger partial charge in [0.25, 0.3) is 0 Å². The second kappa shape index (κ2) is 10.8. The topological polar surface area (TPSA) is 3.24 Å². The van der Waals surface area contributed by atoms with Crippen LogP contribution in [0.2, 0.25) is 0 Å². The Morgan fingerprint density at radius 2 is 0.979 bits per heavy atom. The van der Waals surface area contributed by atoms with Gasteiger partial charge in [-0.3, -0.25) is 0 Å². The van der Waals surface area contributed by atoms with Crippen molar-refractivity contribution in [3.8, 4) is 11.1 Å². The van der Waals surface area contributed by atoms with Crippen LogP contribution >= 0.6 is 11.3 Å². The molecular formula is C46H29NS. The Hall–Kier alpha value is -5.96. The van der Waals surface area contributed by atoms with Crippen LogP contribution < -0.4 is 4.90 Å². The lowest BCUT2D eigenvalue weighted by molar-refractivity contribution is 1.29. The fourth-order valence-corrected chi connectivity index (χ4v) is 8.81. The van der Waals surface area contributed by atoms with Gasteiger partial charge in [-0.25, -0.2) is 0 Å². The van der Waals surface area contributed by atoms with Gasteiger partial charge in [0.15, 0.2) is 0 Å². The summed E-state index contributed by atoms with van der Waals surface area (Å²) in [6.07, 6.45) is 0. The lowest BCUT2D eigenvalue weighted by Crippen LogP contribution is -2.09. The molecule has 48 heavy (non-hydrogen) atoms. The van der Waals surface area contributed by atoms with Crippen molar-refractivity contribution in [1.29, 1.82) is 0 Å². The van der Waals surface area contributed by atoms with Crippen molar-refractivity contribution in [2.45, 2.75) is 0 Å². The summed E-state index contributed by atoms with van der Waals surface area (Å²) in [6, 6.07) is 64.4. The van der Waals surface area contributed by atoms with E-state index >= 15 is 0 Å². The van der Waals surface area contributed by atoms with Gasteiger partial charge in [-0.1, -0.05) is 127 Å². The lowest BCUT2D eigenvalue weighted by Gasteiger charge is -2.26. The fraction of sp³-hybridized carbons (Fsp3) is 0. The first-order valence-corrected chi connectivity index (χ1v) is 17.2. The molecule has 1 heterocycles. The predicted octanol–water partition coefficient (Wildman–Crippen LogP) is 13.8. The molecule has 0 spiro atoms. The number of thiophene rings is 1. The van der Waals surface area contributed by atoms with Crippen LogP contribution in [0.1, 0.15) is 0 Å². The molecule has 0 amide bonds. The van der Waals surface area contributed by atoms with Gasteiger partial charge in [0.1, 0.15) is 0 Å². The fourth-order valence-electron chi connectivity index (χ4n) is 7.57. The van der Waals surface area contributed by atoms with E-state index in [9.17, 15) is 0 Å². The highest BCUT2D eigenvalue weighted by molar-refractivity contribution is 7.26. The molecule has 2 heteroatoms. The molecule has 0 saturated heterocycles. The third kappa shape index (κ3) is 4.24. The van der Waals surface area contributed by atoms with Crippen molar-refractivity contribution in [2.24, 2.45) is 0 Å². The molecule has 0 aliphatic rings. The average Bonchev–Trinajstić information content (AvgIpc) is 3.54. The number of hydrogen-bond acceptors (Lipinski definition) is 2. The van der Waals surface area contributed by atoms with Gasteiger partial charge < -0.3 is 4.90 Å². The maximum absolute atomic E-state index is 2.37. The van der Waals surface area contributed by atoms with Crippen LogP contribution in [0.25, 0.3) is 74.4 Å². The van der Waals surface area contributed by atoms with E-state index in [2.05, 4.69) is 181 Å². The highest BCUT2D eigenvalue weighted by Gasteiger charge is 2.16. The van der Waals surface area contributed by atoms with Crippen LogP contribution in [0.15, 0.2) is 176 Å². The molecule has 9 aromatic carbocycles. The summed E-state index contributed by atoms with van der Waals surface area (Å²) in [5.41, 5.74) is 5.87. The van der Waals surface area contributed by atoms with Crippen LogP contribution in [0.3, 0.4) is 0 Å². The zero-order valence-electron chi connectivity index (χ0n) is 26.1. The maximum atomic E-state index is 2.37. The Kier molecular flexibility index (Phi) is 6.12. The normalized spacial score (nSPS) is 11.8. The largest absolute Gasteiger partial charge is 0.310 e. The van der Waals surface area contributed by atoms with Crippen molar-refractivity contribution in [3.05, 3.63) is 176 Å². The molecule has 0 aliphatic heterocycles. The van der Waals surface area contributed by atoms with E-state index in [4.69, 9.17) is 0 Å². The van der Waals surface area contributed by atoms with E-state index < -0.39 is 0 Å². The maximum Gasteiger partial charge on any atom is 0.0468 e. The zero-order valence-corrected chi connectivity index (χ0v) is 26.9. The monoisotopic (exact) mass is 627 g/mol. The average molecular weight is 628 g/mol. The van der Waals surface area contributed by atoms with Crippen LogP contribution in [0, 0.1) is 0 Å². The van der Waals surface area contributed by atoms with Gasteiger partial charge >= 0.3 is 0 Å². The van der Waals surface area contributed by atoms with Crippen LogP contribution in [-0.2, 0) is 0 Å². The second-order valence-electron chi connectivity index (χ2n) is 12.5. The molecule has 224 valence electrons. The van der Waals surface area contributed by atoms with E-state index in [0.717, 1.165) is 17.1 Å². The molecule has 0 fully saturated rings. The third-order valence-electron chi connectivity index (χ3n) is 9.80. The molecule has 0 atom stereocenters. The molecule has 0 unspecified atom stereocenters. The Labute approximate surface area is 282 Å². The summed E-state index contributed by atoms with van der Waals surface area (Å²) in [4.78, 5) is 2.36. The number of hydrogen-bond donors (Lipinski definition) is 0. The summed E-state index contributed by atoms with van der Waals surface area (Å²) < 4.78 is 2.69. The number of rotatable bonds is 4. The molecule has 0 saturated carbocycles. The molecular weight excluding hydrogens is 599 g/mol. The smallest absolute Gasteiger partial charge is 0.0468 e. The van der Waals surface area contributed by atoms with Crippen molar-refractivity contribution in [1.82, 2.24) is 0 Å². The molecule has 1 aromatic heterocycles. The molecule has 10 aromatic rings. The Morgan fingerprint density at radius 3 is 1.83 bits per heavy atom. The predicted molar refractivity (Wildman–Crippen MR) is 209 cm³/mol. The van der Waals surface area contributed by atoms with Gasteiger partial charge in [0.2, 0.25) is 0 Å². The first-order valence-electron chi connectivity index (χ1n) is 16.4. The van der Waals surface area contributed by atoms with E-state index in [0.29, 0.717) is 0 Å². The Balaban J connectivity index is 1.11. The quantitative estimate of drug-likeness (QED) is 0.176. The summed E-state index contributed by atoms with van der Waals surface area (Å²) in [5.74, 6) is 0. The van der Waals surface area contributed by atoms with Gasteiger partial charge in [-0.15, -0.1) is 11.3 Å². The Morgan fingerprint density at radius 1 is 0.354 bits per heavy atom. The van der Waals surface area contributed by atoms with E-state index in [-0.39, 0.29) is 0 Å². The number of para-hydroxylation sites is 1. The van der Waals surface area contributed by atoms with Crippen LogP contribution in [-0.4, -0.2) is 0 Å². The number of benzene rings is 9. The number of fused-ring (bicyclic) bond motifs is 10. The number of anilines is 3. The summed E-state index contributed by atoms with van der Waals surface area (Å²) in [7, 11) is 0. The lowest BCUT2D eigenvalue weighted by atomic mass is 9.91. The minimum absolute atomic E-state index is 1.13. The highest BCUT2D eigenvalue weighted by Crippen LogP contribution is 2.43. The molecule has 0 aliphatic carbocycles. The summed E-state index contributed by atoms with van der Waals surface area (Å²) >= 11 is 1.89. The van der Waals surface area contributed by atoms with Crippen molar-refractivity contribution in [2.75, 3.05) is 4.90 Å². The number of nitrogens with zero attached hydrogens (tertiary/aromatic N) is 1. The molecule has 0 N–H and O–H groups in total. The van der Waals surface area contributed by atoms with E-state index in [1.165, 1.54) is 74.4 Å². The van der Waals surface area contributed by atoms with Gasteiger partial charge in [0.05, 0.1) is 0 Å². The second-order valence-corrected chi connectivity index (χ2v) is 13.6.